The standard InChI is InChI=1S/C66H66Cl4N8O12/c1-83-53-23-13-37(33-55(53)85-3)61-45-9-5-7-11-47(45)63(79)77(75-61)41-15-19-43(20-16-41)87-27-25-73-35-57(39-29-49(67)59(71)50(68)30-39)89-65(81)66(82)90-58(40-31-51(69)60(72)52(70)32-40)36-74-26-28-88-44-21-17-42(18-22-44)78-64(80)48-12-8-6-10-46(48)62(76-78)38-14-24-54(84-2)56(34-38)86-4/h5-8,13-24,29-34,45-48,57-58,73-74H,9-12,25-28,35-36,71-72H2,1-4H3/t45-,46-,47+,48+,57?,58?/m0/s1. The number of nitrogen functional groups attached to an aromatic ring is 2. The van der Waals surface area contributed by atoms with E-state index in [1.807, 2.05) is 48.6 Å². The van der Waals surface area contributed by atoms with Crippen LogP contribution in [0.15, 0.2) is 144 Å². The van der Waals surface area contributed by atoms with Crippen molar-refractivity contribution in [3.8, 4) is 34.5 Å². The average molecular weight is 1310 g/mol. The van der Waals surface area contributed by atoms with E-state index in [2.05, 4.69) is 22.8 Å². The van der Waals surface area contributed by atoms with Gasteiger partial charge in [0.25, 0.3) is 11.8 Å². The van der Waals surface area contributed by atoms with Crippen molar-refractivity contribution in [2.45, 2.75) is 37.9 Å². The summed E-state index contributed by atoms with van der Waals surface area (Å²) in [5, 5.41) is 19.5. The van der Waals surface area contributed by atoms with E-state index in [0.29, 0.717) is 82.7 Å². The number of amides is 2. The fourth-order valence-electron chi connectivity index (χ4n) is 11.2. The highest BCUT2D eigenvalue weighted by atomic mass is 35.5. The van der Waals surface area contributed by atoms with Gasteiger partial charge in [-0.3, -0.25) is 9.59 Å². The van der Waals surface area contributed by atoms with Crippen molar-refractivity contribution in [1.82, 2.24) is 10.6 Å². The summed E-state index contributed by atoms with van der Waals surface area (Å²) in [5.41, 5.74) is 17.4. The molecule has 24 heteroatoms. The third kappa shape index (κ3) is 14.5. The number of ether oxygens (including phenoxy) is 8. The SMILES string of the molecule is COc1ccc(C2=NN(c3ccc(OCCNCC(OC(=O)C(=O)OC(CNCCOc4ccc(N5N=C(c6ccc(OC)c(OC)c6)[C@H]6CC=CC[C@H]6C5=O)cc4)c4cc(Cl)c(N)c(Cl)c4)c4cc(Cl)c(N)c(Cl)c4)cc3)C(=O)[C@@H]3CC=CC[C@H]23)cc1OC. The Kier molecular flexibility index (Phi) is 21.1. The van der Waals surface area contributed by atoms with Gasteiger partial charge < -0.3 is 60.0 Å². The number of hydrogen-bond donors (Lipinski definition) is 4. The van der Waals surface area contributed by atoms with Crippen LogP contribution in [-0.2, 0) is 28.7 Å². The van der Waals surface area contributed by atoms with E-state index < -0.39 is 24.1 Å². The van der Waals surface area contributed by atoms with E-state index in [0.717, 1.165) is 22.6 Å². The van der Waals surface area contributed by atoms with Crippen LogP contribution in [0.3, 0.4) is 0 Å². The number of nitrogens with zero attached hydrogens (tertiary/aromatic N) is 4. The Morgan fingerprint density at radius 3 is 1.19 bits per heavy atom. The van der Waals surface area contributed by atoms with Crippen LogP contribution in [0, 0.1) is 23.7 Å². The van der Waals surface area contributed by atoms with Crippen LogP contribution < -0.4 is 60.5 Å². The van der Waals surface area contributed by atoms with Gasteiger partial charge in [0.05, 0.1) is 94.5 Å². The summed E-state index contributed by atoms with van der Waals surface area (Å²) in [7, 11) is 6.31. The normalized spacial score (nSPS) is 18.3. The largest absolute Gasteiger partial charge is 0.493 e. The third-order valence-electron chi connectivity index (χ3n) is 15.9. The lowest BCUT2D eigenvalue weighted by atomic mass is 9.76. The van der Waals surface area contributed by atoms with Crippen LogP contribution in [0.2, 0.25) is 20.1 Å². The molecule has 2 aliphatic heterocycles. The molecule has 10 rings (SSSR count). The minimum absolute atomic E-state index is 0.0336. The average Bonchev–Trinajstić information content (AvgIpc) is 0.838. The number of allylic oxidation sites excluding steroid dienone is 4. The Morgan fingerprint density at radius 2 is 0.844 bits per heavy atom. The van der Waals surface area contributed by atoms with Crippen molar-refractivity contribution in [1.29, 1.82) is 0 Å². The summed E-state index contributed by atoms with van der Waals surface area (Å²) in [6.45, 7) is 0.737. The van der Waals surface area contributed by atoms with Crippen LogP contribution in [0.1, 0.15) is 60.1 Å². The number of methoxy groups -OCH3 is 4. The number of halogens is 4. The van der Waals surface area contributed by atoms with E-state index in [-0.39, 0.29) is 106 Å². The molecule has 0 fully saturated rings. The van der Waals surface area contributed by atoms with Crippen molar-refractivity contribution in [3.05, 3.63) is 176 Å². The fraction of sp³-hybridized carbons (Fsp3) is 0.303. The predicted molar refractivity (Wildman–Crippen MR) is 347 cm³/mol. The number of hydrogen-bond acceptors (Lipinski definition) is 18. The number of esters is 2. The number of nitrogens with two attached hydrogens (primary N) is 2. The monoisotopic (exact) mass is 1300 g/mol. The highest BCUT2D eigenvalue weighted by Gasteiger charge is 2.43. The molecule has 2 aliphatic carbocycles. The van der Waals surface area contributed by atoms with Gasteiger partial charge in [0.15, 0.2) is 23.0 Å². The van der Waals surface area contributed by atoms with Gasteiger partial charge in [-0.1, -0.05) is 70.7 Å². The molecule has 6 atom stereocenters. The molecule has 0 spiro atoms. The maximum atomic E-state index is 13.9. The van der Waals surface area contributed by atoms with E-state index >= 15 is 0 Å². The maximum absolute atomic E-state index is 13.9. The Bertz CT molecular complexity index is 3490. The lowest BCUT2D eigenvalue weighted by Gasteiger charge is -2.37. The minimum atomic E-state index is -1.33. The van der Waals surface area contributed by atoms with Gasteiger partial charge in [0.2, 0.25) is 0 Å². The van der Waals surface area contributed by atoms with Crippen molar-refractivity contribution in [2.24, 2.45) is 33.9 Å². The van der Waals surface area contributed by atoms with E-state index in [1.165, 1.54) is 34.3 Å². The Morgan fingerprint density at radius 1 is 0.500 bits per heavy atom. The molecule has 0 saturated carbocycles. The molecule has 20 nitrogen and oxygen atoms in total. The van der Waals surface area contributed by atoms with Crippen LogP contribution in [0.4, 0.5) is 22.7 Å². The van der Waals surface area contributed by atoms with Gasteiger partial charge in [-0.25, -0.2) is 19.6 Å². The Hall–Kier alpha value is -8.50. The van der Waals surface area contributed by atoms with Gasteiger partial charge in [0, 0.05) is 49.1 Å². The second kappa shape index (κ2) is 29.4. The third-order valence-corrected chi connectivity index (χ3v) is 17.2. The van der Waals surface area contributed by atoms with Gasteiger partial charge in [-0.15, -0.1) is 0 Å². The zero-order chi connectivity index (χ0) is 63.6. The van der Waals surface area contributed by atoms with Crippen LogP contribution >= 0.6 is 46.4 Å². The number of benzene rings is 6. The Balaban J connectivity index is 0.752. The first kappa shape index (κ1) is 64.5. The quantitative estimate of drug-likeness (QED) is 0.0145. The first-order valence-corrected chi connectivity index (χ1v) is 30.5. The first-order chi connectivity index (χ1) is 43.6. The number of rotatable bonds is 24. The van der Waals surface area contributed by atoms with Gasteiger partial charge >= 0.3 is 11.9 Å². The molecule has 2 amide bonds. The molecule has 0 radical (unpaired) electrons. The van der Waals surface area contributed by atoms with Gasteiger partial charge in [0.1, 0.15) is 36.9 Å². The molecule has 6 aromatic rings. The van der Waals surface area contributed by atoms with Crippen LogP contribution in [0.5, 0.6) is 34.5 Å². The van der Waals surface area contributed by atoms with Crippen molar-refractivity contribution < 1.29 is 57.1 Å². The molecular weight excluding hydrogens is 1240 g/mol. The van der Waals surface area contributed by atoms with Crippen molar-refractivity contribution >= 4 is 104 Å². The smallest absolute Gasteiger partial charge is 0.418 e. The summed E-state index contributed by atoms with van der Waals surface area (Å²) in [5.74, 6) is -0.360. The van der Waals surface area contributed by atoms with E-state index in [1.54, 1.807) is 77.0 Å². The first-order valence-electron chi connectivity index (χ1n) is 28.9. The molecule has 0 saturated heterocycles. The molecule has 470 valence electrons. The minimum Gasteiger partial charge on any atom is -0.493 e. The predicted octanol–water partition coefficient (Wildman–Crippen LogP) is 11.4. The lowest BCUT2D eigenvalue weighted by Crippen LogP contribution is -2.45. The lowest BCUT2D eigenvalue weighted by molar-refractivity contribution is -0.174. The number of hydrazone groups is 2. The maximum Gasteiger partial charge on any atom is 0.418 e. The molecule has 2 unspecified atom stereocenters. The molecule has 6 N–H and O–H groups in total. The van der Waals surface area contributed by atoms with Crippen LogP contribution in [-0.4, -0.2) is 103 Å². The fourth-order valence-corrected chi connectivity index (χ4v) is 12.2. The topological polar surface area (TPSA) is 249 Å². The van der Waals surface area contributed by atoms with E-state index in [9.17, 15) is 19.2 Å². The molecule has 0 aromatic heterocycles. The second-order valence-electron chi connectivity index (χ2n) is 21.4. The summed E-state index contributed by atoms with van der Waals surface area (Å²) >= 11 is 25.8. The number of anilines is 4. The summed E-state index contributed by atoms with van der Waals surface area (Å²) < 4.78 is 45.9. The molecular formula is C66H66Cl4N8O12. The summed E-state index contributed by atoms with van der Waals surface area (Å²) in [6.07, 6.45) is 8.51. The summed E-state index contributed by atoms with van der Waals surface area (Å²) in [4.78, 5) is 55.5. The van der Waals surface area contributed by atoms with Crippen LogP contribution in [0.25, 0.3) is 0 Å². The molecule has 2 heterocycles. The van der Waals surface area contributed by atoms with Crippen molar-refractivity contribution in [3.63, 3.8) is 0 Å². The van der Waals surface area contributed by atoms with Crippen molar-refractivity contribution in [2.75, 3.05) is 89.3 Å². The zero-order valence-corrected chi connectivity index (χ0v) is 52.6. The molecule has 90 heavy (non-hydrogen) atoms. The highest BCUT2D eigenvalue weighted by Crippen LogP contribution is 2.42. The molecule has 4 aliphatic rings. The van der Waals surface area contributed by atoms with Gasteiger partial charge in [-0.05, 0) is 146 Å². The summed E-state index contributed by atoms with van der Waals surface area (Å²) in [6, 6.07) is 31.2. The number of carbonyl (C=O) groups excluding carboxylic acids is 4. The Labute approximate surface area is 540 Å². The highest BCUT2D eigenvalue weighted by molar-refractivity contribution is 6.39. The zero-order valence-electron chi connectivity index (χ0n) is 49.6. The second-order valence-corrected chi connectivity index (χ2v) is 23.0. The molecule has 6 aromatic carbocycles. The van der Waals surface area contributed by atoms with Gasteiger partial charge in [-0.2, -0.15) is 10.2 Å². The number of nitrogens with one attached hydrogen (secondary N) is 2. The van der Waals surface area contributed by atoms with E-state index in [4.69, 9.17) is 106 Å². The number of fused-ring (bicyclic) bond motifs is 2. The molecule has 0 bridgehead atoms. The number of carbonyl (C=O) groups is 4.